The first kappa shape index (κ1) is 9.20. The van der Waals surface area contributed by atoms with Crippen LogP contribution < -0.4 is 0 Å². The lowest BCUT2D eigenvalue weighted by atomic mass is 9.99. The van der Waals surface area contributed by atoms with Gasteiger partial charge >= 0.3 is 0 Å². The molecule has 0 bridgehead atoms. The zero-order valence-corrected chi connectivity index (χ0v) is 7.05. The minimum Gasteiger partial charge on any atom is -0.396 e. The van der Waals surface area contributed by atoms with Crippen molar-refractivity contribution in [3.8, 4) is 0 Å². The van der Waals surface area contributed by atoms with E-state index in [9.17, 15) is 4.39 Å². The maximum atomic E-state index is 13.3. The minimum atomic E-state index is -0.370. The SMILES string of the molecule is [CH2]C(CO)c1cccc(C)c1F. The van der Waals surface area contributed by atoms with E-state index in [1.807, 2.05) is 0 Å². The molecule has 1 atom stereocenters. The quantitative estimate of drug-likeness (QED) is 0.714. The van der Waals surface area contributed by atoms with Crippen molar-refractivity contribution in [2.24, 2.45) is 0 Å². The Morgan fingerprint density at radius 1 is 1.58 bits per heavy atom. The van der Waals surface area contributed by atoms with Gasteiger partial charge in [0.1, 0.15) is 5.82 Å². The topological polar surface area (TPSA) is 20.2 Å². The largest absolute Gasteiger partial charge is 0.396 e. The molecule has 1 rings (SSSR count). The van der Waals surface area contributed by atoms with Gasteiger partial charge in [-0.05, 0) is 25.0 Å². The van der Waals surface area contributed by atoms with Crippen LogP contribution in [0.15, 0.2) is 18.2 Å². The Morgan fingerprint density at radius 2 is 2.25 bits per heavy atom. The molecule has 0 aliphatic carbocycles. The van der Waals surface area contributed by atoms with Crippen molar-refractivity contribution >= 4 is 0 Å². The summed E-state index contributed by atoms with van der Waals surface area (Å²) in [6, 6.07) is 5.11. The Labute approximate surface area is 71.9 Å². The van der Waals surface area contributed by atoms with E-state index in [4.69, 9.17) is 5.11 Å². The van der Waals surface area contributed by atoms with Gasteiger partial charge in [0.2, 0.25) is 0 Å². The van der Waals surface area contributed by atoms with Gasteiger partial charge in [-0.15, -0.1) is 0 Å². The number of aryl methyl sites for hydroxylation is 1. The zero-order chi connectivity index (χ0) is 9.14. The summed E-state index contributed by atoms with van der Waals surface area (Å²) in [5, 5.41) is 8.77. The molecule has 12 heavy (non-hydrogen) atoms. The van der Waals surface area contributed by atoms with Crippen LogP contribution in [0.25, 0.3) is 0 Å². The van der Waals surface area contributed by atoms with E-state index in [1.54, 1.807) is 25.1 Å². The van der Waals surface area contributed by atoms with Crippen molar-refractivity contribution in [1.82, 2.24) is 0 Å². The molecule has 0 saturated heterocycles. The highest BCUT2D eigenvalue weighted by Crippen LogP contribution is 2.19. The summed E-state index contributed by atoms with van der Waals surface area (Å²) in [7, 11) is 0. The molecule has 1 radical (unpaired) electrons. The Morgan fingerprint density at radius 3 is 2.83 bits per heavy atom. The van der Waals surface area contributed by atoms with E-state index in [1.165, 1.54) is 0 Å². The molecule has 0 aliphatic rings. The number of benzene rings is 1. The molecule has 0 heterocycles. The van der Waals surface area contributed by atoms with E-state index in [-0.39, 0.29) is 18.3 Å². The third-order valence-electron chi connectivity index (χ3n) is 1.88. The Balaban J connectivity index is 3.07. The normalized spacial score (nSPS) is 13.0. The van der Waals surface area contributed by atoms with Gasteiger partial charge in [0.15, 0.2) is 0 Å². The predicted molar refractivity (Wildman–Crippen MR) is 46.3 cm³/mol. The average molecular weight is 167 g/mol. The van der Waals surface area contributed by atoms with Crippen molar-refractivity contribution in [1.29, 1.82) is 0 Å². The lowest BCUT2D eigenvalue weighted by molar-refractivity contribution is 0.280. The molecule has 0 aromatic heterocycles. The molecule has 0 fully saturated rings. The van der Waals surface area contributed by atoms with Gasteiger partial charge in [-0.25, -0.2) is 4.39 Å². The molecule has 1 aromatic carbocycles. The second-order valence-corrected chi connectivity index (χ2v) is 2.86. The van der Waals surface area contributed by atoms with E-state index < -0.39 is 0 Å². The van der Waals surface area contributed by atoms with Crippen molar-refractivity contribution in [3.05, 3.63) is 42.1 Å². The highest BCUT2D eigenvalue weighted by atomic mass is 19.1. The monoisotopic (exact) mass is 167 g/mol. The van der Waals surface area contributed by atoms with Gasteiger partial charge in [0, 0.05) is 5.92 Å². The first-order valence-electron chi connectivity index (χ1n) is 3.85. The fourth-order valence-corrected chi connectivity index (χ4v) is 1.08. The molecule has 1 aromatic rings. The number of hydrogen-bond donors (Lipinski definition) is 1. The summed E-state index contributed by atoms with van der Waals surface area (Å²) < 4.78 is 13.3. The molecule has 0 amide bonds. The van der Waals surface area contributed by atoms with Crippen LogP contribution in [-0.2, 0) is 0 Å². The predicted octanol–water partition coefficient (Wildman–Crippen LogP) is 2.04. The van der Waals surface area contributed by atoms with Crippen LogP contribution in [0.1, 0.15) is 17.0 Å². The van der Waals surface area contributed by atoms with Crippen LogP contribution in [0.2, 0.25) is 0 Å². The van der Waals surface area contributed by atoms with Gasteiger partial charge in [-0.3, -0.25) is 0 Å². The molecule has 1 N–H and O–H groups in total. The van der Waals surface area contributed by atoms with Crippen LogP contribution >= 0.6 is 0 Å². The second-order valence-electron chi connectivity index (χ2n) is 2.86. The van der Waals surface area contributed by atoms with Gasteiger partial charge in [0.05, 0.1) is 6.61 Å². The van der Waals surface area contributed by atoms with Crippen LogP contribution in [-0.4, -0.2) is 11.7 Å². The summed E-state index contributed by atoms with van der Waals surface area (Å²) >= 11 is 0. The molecule has 1 unspecified atom stereocenters. The molecule has 0 spiro atoms. The van der Waals surface area contributed by atoms with Crippen molar-refractivity contribution in [2.75, 3.05) is 6.61 Å². The van der Waals surface area contributed by atoms with Crippen LogP contribution in [0.4, 0.5) is 4.39 Å². The van der Waals surface area contributed by atoms with Gasteiger partial charge in [-0.2, -0.15) is 0 Å². The number of halogens is 1. The zero-order valence-electron chi connectivity index (χ0n) is 7.05. The van der Waals surface area contributed by atoms with E-state index in [2.05, 4.69) is 6.92 Å². The first-order chi connectivity index (χ1) is 5.66. The smallest absolute Gasteiger partial charge is 0.129 e. The molecular weight excluding hydrogens is 155 g/mol. The van der Waals surface area contributed by atoms with Crippen LogP contribution in [0.5, 0.6) is 0 Å². The lowest BCUT2D eigenvalue weighted by Gasteiger charge is -2.10. The molecule has 0 saturated carbocycles. The Hall–Kier alpha value is -0.890. The Bertz CT molecular complexity index is 271. The van der Waals surface area contributed by atoms with Crippen molar-refractivity contribution < 1.29 is 9.50 Å². The summed E-state index contributed by atoms with van der Waals surface area (Å²) in [4.78, 5) is 0. The summed E-state index contributed by atoms with van der Waals surface area (Å²) in [5.74, 6) is -0.628. The summed E-state index contributed by atoms with van der Waals surface area (Å²) in [6.45, 7) is 5.21. The first-order valence-corrected chi connectivity index (χ1v) is 3.85. The number of rotatable bonds is 2. The number of aliphatic hydroxyl groups is 1. The summed E-state index contributed by atoms with van der Waals surface area (Å²) in [5.41, 5.74) is 1.08. The van der Waals surface area contributed by atoms with Gasteiger partial charge in [0.25, 0.3) is 0 Å². The van der Waals surface area contributed by atoms with Crippen LogP contribution in [0.3, 0.4) is 0 Å². The molecule has 1 nitrogen and oxygen atoms in total. The molecule has 2 heteroatoms. The highest BCUT2D eigenvalue weighted by Gasteiger charge is 2.10. The third kappa shape index (κ3) is 1.64. The fourth-order valence-electron chi connectivity index (χ4n) is 1.08. The maximum Gasteiger partial charge on any atom is 0.129 e. The fraction of sp³-hybridized carbons (Fsp3) is 0.300. The van der Waals surface area contributed by atoms with Crippen LogP contribution in [0, 0.1) is 19.7 Å². The maximum absolute atomic E-state index is 13.3. The van der Waals surface area contributed by atoms with E-state index in [0.717, 1.165) is 0 Å². The van der Waals surface area contributed by atoms with Gasteiger partial charge in [-0.1, -0.05) is 18.2 Å². The third-order valence-corrected chi connectivity index (χ3v) is 1.88. The van der Waals surface area contributed by atoms with E-state index in [0.29, 0.717) is 11.1 Å². The number of hydrogen-bond acceptors (Lipinski definition) is 1. The standard InChI is InChI=1S/C10H12FO/c1-7-4-3-5-9(10(7)11)8(2)6-12/h3-5,8,12H,2,6H2,1H3. The Kier molecular flexibility index (Phi) is 2.82. The number of aliphatic hydroxyl groups excluding tert-OH is 1. The van der Waals surface area contributed by atoms with Crippen molar-refractivity contribution in [3.63, 3.8) is 0 Å². The average Bonchev–Trinajstić information content (AvgIpc) is 2.08. The molecule has 65 valence electrons. The molecular formula is C10H12FO. The summed E-state index contributed by atoms with van der Waals surface area (Å²) in [6.07, 6.45) is 0. The van der Waals surface area contributed by atoms with E-state index >= 15 is 0 Å². The minimum absolute atomic E-state index is 0.125. The molecule has 0 aliphatic heterocycles. The van der Waals surface area contributed by atoms with Gasteiger partial charge < -0.3 is 5.11 Å². The second kappa shape index (κ2) is 3.68. The lowest BCUT2D eigenvalue weighted by Crippen LogP contribution is -2.03. The van der Waals surface area contributed by atoms with Crippen molar-refractivity contribution in [2.45, 2.75) is 12.8 Å². The highest BCUT2D eigenvalue weighted by molar-refractivity contribution is 5.28.